The highest BCUT2D eigenvalue weighted by atomic mass is 32.1. The average molecular weight is 821 g/mol. The lowest BCUT2D eigenvalue weighted by atomic mass is 10.1. The maximum atomic E-state index is 12.2. The molecule has 3 aromatic carbocycles. The summed E-state index contributed by atoms with van der Waals surface area (Å²) in [5, 5.41) is 7.85. The second kappa shape index (κ2) is 35.3. The minimum Gasteiger partial charge on any atom is -0.465 e. The number of hydrogen-bond acceptors (Lipinski definition) is 11. The zero-order valence-corrected chi connectivity index (χ0v) is 36.9. The Morgan fingerprint density at radius 2 is 1.43 bits per heavy atom. The maximum Gasteiger partial charge on any atom is 0.337 e. The van der Waals surface area contributed by atoms with E-state index in [1.807, 2.05) is 97.0 Å². The van der Waals surface area contributed by atoms with Crippen LogP contribution in [0, 0.1) is 12.8 Å². The van der Waals surface area contributed by atoms with E-state index < -0.39 is 18.6 Å². The normalized spacial score (nSPS) is 15.4. The van der Waals surface area contributed by atoms with Gasteiger partial charge in [-0.05, 0) is 43.4 Å². The molecule has 2 heterocycles. The number of aryl methyl sites for hydroxylation is 1. The van der Waals surface area contributed by atoms with Gasteiger partial charge in [0.05, 0.1) is 25.4 Å². The summed E-state index contributed by atoms with van der Waals surface area (Å²) in [6.45, 7) is 14.4. The summed E-state index contributed by atoms with van der Waals surface area (Å²) in [4.78, 5) is 45.6. The molecule has 4 aromatic rings. The van der Waals surface area contributed by atoms with Crippen molar-refractivity contribution in [3.63, 3.8) is 0 Å². The number of aldehydes is 1. The van der Waals surface area contributed by atoms with E-state index in [0.717, 1.165) is 36.2 Å². The van der Waals surface area contributed by atoms with Crippen LogP contribution in [0.3, 0.4) is 0 Å². The molecule has 0 saturated carbocycles. The number of aromatic amines is 1. The Labute approximate surface area is 339 Å². The lowest BCUT2D eigenvalue weighted by Gasteiger charge is -2.17. The third-order valence-electron chi connectivity index (χ3n) is 7.26. The Morgan fingerprint density at radius 1 is 0.911 bits per heavy atom. The molecule has 1 saturated heterocycles. The Kier molecular flexibility index (Phi) is 35.5. The lowest BCUT2D eigenvalue weighted by molar-refractivity contribution is -0.0413. The third kappa shape index (κ3) is 21.3. The predicted octanol–water partition coefficient (Wildman–Crippen LogP) is 7.85. The zero-order chi connectivity index (χ0) is 43.5. The summed E-state index contributed by atoms with van der Waals surface area (Å²) in [6, 6.07) is 27.0. The van der Waals surface area contributed by atoms with Crippen LogP contribution in [0.4, 0.5) is 0 Å². The van der Waals surface area contributed by atoms with Crippen LogP contribution >= 0.6 is 20.0 Å². The number of rotatable bonds is 8. The van der Waals surface area contributed by atoms with E-state index in [9.17, 15) is 23.7 Å². The van der Waals surface area contributed by atoms with Crippen molar-refractivity contribution in [2.24, 2.45) is 5.92 Å². The number of aromatic nitrogens is 2. The zero-order valence-electron chi connectivity index (χ0n) is 35.1. The number of methoxy groups -OCH3 is 2. The molecule has 1 aromatic heterocycles. The van der Waals surface area contributed by atoms with Crippen LogP contribution in [0.25, 0.3) is 0 Å². The number of aliphatic hydroxyl groups is 1. The van der Waals surface area contributed by atoms with Gasteiger partial charge < -0.3 is 23.8 Å². The van der Waals surface area contributed by atoms with Crippen molar-refractivity contribution in [2.45, 2.75) is 67.2 Å². The molecule has 314 valence electrons. The van der Waals surface area contributed by atoms with E-state index in [-0.39, 0.29) is 24.2 Å². The van der Waals surface area contributed by atoms with Crippen molar-refractivity contribution in [2.75, 3.05) is 47.5 Å². The summed E-state index contributed by atoms with van der Waals surface area (Å²) < 4.78 is 34.0. The molecule has 0 bridgehead atoms. The van der Waals surface area contributed by atoms with Crippen molar-refractivity contribution < 1.29 is 38.0 Å². The quantitative estimate of drug-likeness (QED) is 0.0691. The second-order valence-corrected chi connectivity index (χ2v) is 13.5. The van der Waals surface area contributed by atoms with E-state index in [2.05, 4.69) is 22.3 Å². The Hall–Kier alpha value is -4.10. The largest absolute Gasteiger partial charge is 0.465 e. The van der Waals surface area contributed by atoms with Gasteiger partial charge in [0, 0.05) is 56.5 Å². The number of nitrogens with one attached hydrogen (secondary N) is 1. The number of aliphatic hydroxyl groups excluding tert-OH is 1. The van der Waals surface area contributed by atoms with Gasteiger partial charge in [0.15, 0.2) is 0 Å². The summed E-state index contributed by atoms with van der Waals surface area (Å²) in [5.41, 5.74) is 1.52. The van der Waals surface area contributed by atoms with Crippen LogP contribution in [-0.2, 0) is 23.3 Å². The SMILES string of the molecule is CC.CC.CCP(=O)(OC)c1ccccc1C.CO.COC(=O)c1ccccc1.COC[C@@H]1C[C@H](C)C(n2ccc(=O)[nH]c2=O)O1.CS.O=Cc1ccccc1. The number of thiol groups is 1. The number of esters is 1. The molecule has 2 unspecified atom stereocenters. The Balaban J connectivity index is -0.000000648. The van der Waals surface area contributed by atoms with Crippen molar-refractivity contribution in [1.82, 2.24) is 9.55 Å². The first kappa shape index (κ1) is 56.2. The standard InChI is InChI=1S/C11H16N2O4.C10H15O2P.C8H8O2.C7H6O.2C2H6.CH4O.CH4S/c1-7-5-8(6-16-2)17-10(7)13-4-3-9(14)12-11(13)15;1-4-13(11,12-3)10-8-6-5-7-9(10)2;1-10-8(9)7-5-3-2-4-6-7;8-6-7-4-2-1-3-5-7;4*1-2/h3-4,7-8,10H,5-6H2,1-2H3,(H,12,14,15);5-8H,4H2,1-3H3;2-6H,1H3;1-6H;2*1-2H3;2*2H,1H3/t7-,8-,10?;;;;;;;/m0......./s1. The molecule has 1 fully saturated rings. The molecular weight excluding hydrogens is 756 g/mol. The molecule has 0 aliphatic carbocycles. The number of nitrogens with zero attached hydrogens (tertiary/aromatic N) is 1. The minimum absolute atomic E-state index is 0.00109. The molecule has 12 nitrogen and oxygen atoms in total. The van der Waals surface area contributed by atoms with E-state index in [4.69, 9.17) is 19.1 Å². The fourth-order valence-corrected chi connectivity index (χ4v) is 6.47. The first-order valence-electron chi connectivity index (χ1n) is 18.2. The maximum absolute atomic E-state index is 12.2. The first-order chi connectivity index (χ1) is 27.0. The van der Waals surface area contributed by atoms with Crippen molar-refractivity contribution >= 4 is 37.6 Å². The van der Waals surface area contributed by atoms with E-state index in [1.165, 1.54) is 31.0 Å². The fourth-order valence-electron chi connectivity index (χ4n) is 4.75. The molecule has 1 aliphatic heterocycles. The van der Waals surface area contributed by atoms with Gasteiger partial charge >= 0.3 is 11.7 Å². The molecule has 4 atom stereocenters. The van der Waals surface area contributed by atoms with Gasteiger partial charge in [-0.25, -0.2) is 9.59 Å². The molecule has 1 aliphatic rings. The van der Waals surface area contributed by atoms with Gasteiger partial charge in [-0.3, -0.25) is 23.7 Å². The van der Waals surface area contributed by atoms with Gasteiger partial charge in [-0.2, -0.15) is 12.6 Å². The number of benzene rings is 3. The van der Waals surface area contributed by atoms with Gasteiger partial charge in [0.1, 0.15) is 12.5 Å². The van der Waals surface area contributed by atoms with Crippen LogP contribution in [0.2, 0.25) is 0 Å². The summed E-state index contributed by atoms with van der Waals surface area (Å²) in [6.07, 6.45) is 5.05. The number of carbonyl (C=O) groups is 2. The summed E-state index contributed by atoms with van der Waals surface area (Å²) >= 11 is 3.53. The molecule has 56 heavy (non-hydrogen) atoms. The minimum atomic E-state index is -2.57. The molecule has 2 N–H and O–H groups in total. The van der Waals surface area contributed by atoms with Crippen molar-refractivity contribution in [1.29, 1.82) is 0 Å². The Morgan fingerprint density at radius 3 is 1.86 bits per heavy atom. The first-order valence-corrected chi connectivity index (χ1v) is 20.9. The molecular formula is C42H65N2O10PS. The third-order valence-corrected chi connectivity index (χ3v) is 9.91. The van der Waals surface area contributed by atoms with E-state index in [0.29, 0.717) is 18.3 Å². The second-order valence-electron chi connectivity index (χ2n) is 10.7. The van der Waals surface area contributed by atoms with Crippen LogP contribution in [-0.4, -0.2) is 80.5 Å². The van der Waals surface area contributed by atoms with E-state index >= 15 is 0 Å². The van der Waals surface area contributed by atoms with Gasteiger partial charge in [-0.1, -0.05) is 108 Å². The fraction of sp³-hybridized carbons (Fsp3) is 0.429. The van der Waals surface area contributed by atoms with Gasteiger partial charge in [0.2, 0.25) is 7.37 Å². The van der Waals surface area contributed by atoms with Crippen molar-refractivity contribution in [3.8, 4) is 0 Å². The van der Waals surface area contributed by atoms with Gasteiger partial charge in [-0.15, -0.1) is 0 Å². The lowest BCUT2D eigenvalue weighted by Crippen LogP contribution is -2.33. The molecule has 0 spiro atoms. The van der Waals surface area contributed by atoms with Gasteiger partial charge in [0.25, 0.3) is 5.56 Å². The average Bonchev–Trinajstić information content (AvgIpc) is 3.63. The van der Waals surface area contributed by atoms with Crippen molar-refractivity contribution in [3.05, 3.63) is 135 Å². The number of ether oxygens (including phenoxy) is 3. The topological polar surface area (TPSA) is 163 Å². The smallest absolute Gasteiger partial charge is 0.337 e. The molecule has 14 heteroatoms. The number of hydrogen-bond donors (Lipinski definition) is 3. The number of H-pyrrole nitrogens is 1. The molecule has 0 radical (unpaired) electrons. The molecule has 5 rings (SSSR count). The van der Waals surface area contributed by atoms with Crippen LogP contribution in [0.1, 0.15) is 80.5 Å². The summed E-state index contributed by atoms with van der Waals surface area (Å²) in [7, 11) is 2.93. The monoisotopic (exact) mass is 820 g/mol. The highest BCUT2D eigenvalue weighted by molar-refractivity contribution is 7.79. The number of carbonyl (C=O) groups excluding carboxylic acids is 2. The highest BCUT2D eigenvalue weighted by Crippen LogP contribution is 2.44. The van der Waals surface area contributed by atoms with E-state index in [1.54, 1.807) is 49.8 Å². The Bertz CT molecular complexity index is 1710. The van der Waals surface area contributed by atoms with Crippen LogP contribution < -0.4 is 16.6 Å². The van der Waals surface area contributed by atoms with Crippen LogP contribution in [0.15, 0.2) is 107 Å². The van der Waals surface area contributed by atoms with Crippen LogP contribution in [0.5, 0.6) is 0 Å². The highest BCUT2D eigenvalue weighted by Gasteiger charge is 2.33. The molecule has 0 amide bonds. The predicted molar refractivity (Wildman–Crippen MR) is 232 cm³/mol. The summed E-state index contributed by atoms with van der Waals surface area (Å²) in [5.74, 6) is -0.0839.